The van der Waals surface area contributed by atoms with Gasteiger partial charge < -0.3 is 29.4 Å². The molecule has 0 spiro atoms. The molecule has 9 heterocycles. The number of anilines is 5. The van der Waals surface area contributed by atoms with Gasteiger partial charge >= 0.3 is 0 Å². The Balaban J connectivity index is 0.688. The SMILES string of the molecule is C[C@H]1CN(C2(C3CCN(c4ccc5c(c4)C(=O)N(C4CCC(=O)NC4=O)C5=O)CC3)CCC2)CCN1c1ccc(Nc2cc(-c3ccnc(N4CCn5c(cc6c5CC(C)(C)C6)C4=O)c3CO)cn(C)c2=O)nc1. The average molecular weight is 1000 g/mol. The normalized spacial score (nSPS) is 22.7. The molecule has 1 aromatic carbocycles. The smallest absolute Gasteiger partial charge is 0.276 e. The van der Waals surface area contributed by atoms with Gasteiger partial charge in [0, 0.05) is 106 Å². The summed E-state index contributed by atoms with van der Waals surface area (Å²) in [5, 5.41) is 16.4. The minimum atomic E-state index is -0.987. The van der Waals surface area contributed by atoms with Crippen LogP contribution in [0.25, 0.3) is 11.1 Å². The van der Waals surface area contributed by atoms with Crippen molar-refractivity contribution in [2.24, 2.45) is 18.4 Å². The zero-order valence-corrected chi connectivity index (χ0v) is 42.5. The van der Waals surface area contributed by atoms with Crippen molar-refractivity contribution < 1.29 is 29.1 Å². The Bertz CT molecular complexity index is 3220. The van der Waals surface area contributed by atoms with Gasteiger partial charge in [0.2, 0.25) is 11.8 Å². The number of imide groups is 2. The molecule has 0 bridgehead atoms. The number of carbonyl (C=O) groups excluding carboxylic acids is 5. The Hall–Kier alpha value is -7.18. The van der Waals surface area contributed by atoms with Crippen LogP contribution in [-0.4, -0.2) is 120 Å². The largest absolute Gasteiger partial charge is 0.392 e. The van der Waals surface area contributed by atoms with Gasteiger partial charge in [-0.05, 0) is 129 Å². The van der Waals surface area contributed by atoms with Crippen molar-refractivity contribution in [1.82, 2.24) is 34.2 Å². The van der Waals surface area contributed by atoms with E-state index in [9.17, 15) is 33.9 Å². The van der Waals surface area contributed by atoms with Gasteiger partial charge in [-0.3, -0.25) is 48.8 Å². The Morgan fingerprint density at radius 1 is 0.811 bits per heavy atom. The third kappa shape index (κ3) is 7.90. The van der Waals surface area contributed by atoms with Crippen molar-refractivity contribution in [3.63, 3.8) is 0 Å². The number of pyridine rings is 3. The van der Waals surface area contributed by atoms with Crippen LogP contribution in [0.15, 0.2) is 71.9 Å². The van der Waals surface area contributed by atoms with Crippen LogP contribution in [0, 0.1) is 11.3 Å². The van der Waals surface area contributed by atoms with Crippen molar-refractivity contribution >= 4 is 58.2 Å². The van der Waals surface area contributed by atoms with E-state index in [-0.39, 0.29) is 47.9 Å². The topological polar surface area (TPSA) is 199 Å². The van der Waals surface area contributed by atoms with Crippen molar-refractivity contribution in [1.29, 1.82) is 0 Å². The molecule has 3 N–H and O–H groups in total. The highest BCUT2D eigenvalue weighted by molar-refractivity contribution is 6.23. The first-order valence-corrected chi connectivity index (χ1v) is 26.3. The van der Waals surface area contributed by atoms with E-state index in [2.05, 4.69) is 61.7 Å². The molecule has 12 rings (SSSR count). The van der Waals surface area contributed by atoms with Crippen LogP contribution in [0.5, 0.6) is 0 Å². The molecule has 2 aliphatic carbocycles. The molecule has 4 aromatic heterocycles. The van der Waals surface area contributed by atoms with E-state index in [4.69, 9.17) is 4.98 Å². The number of nitrogens with one attached hydrogen (secondary N) is 2. The number of rotatable bonds is 10. The number of piperidine rings is 2. The summed E-state index contributed by atoms with van der Waals surface area (Å²) in [7, 11) is 1.70. The summed E-state index contributed by atoms with van der Waals surface area (Å²) in [6.07, 6.45) is 13.0. The highest BCUT2D eigenvalue weighted by Crippen LogP contribution is 2.49. The quantitative estimate of drug-likeness (QED) is 0.150. The maximum atomic E-state index is 14.0. The summed E-state index contributed by atoms with van der Waals surface area (Å²) in [6, 6.07) is 14.2. The third-order valence-electron chi connectivity index (χ3n) is 17.4. The van der Waals surface area contributed by atoms with E-state index in [0.717, 1.165) is 74.7 Å². The second-order valence-corrected chi connectivity index (χ2v) is 22.4. The fourth-order valence-corrected chi connectivity index (χ4v) is 13.6. The first kappa shape index (κ1) is 47.8. The number of aromatic nitrogens is 4. The predicted molar refractivity (Wildman–Crippen MR) is 279 cm³/mol. The summed E-state index contributed by atoms with van der Waals surface area (Å²) in [6.45, 7) is 11.9. The summed E-state index contributed by atoms with van der Waals surface area (Å²) >= 11 is 0. The van der Waals surface area contributed by atoms with E-state index in [1.54, 1.807) is 42.5 Å². The lowest BCUT2D eigenvalue weighted by Crippen LogP contribution is -2.66. The molecular formula is C56H63N11O7. The van der Waals surface area contributed by atoms with Crippen LogP contribution >= 0.6 is 0 Å². The molecule has 384 valence electrons. The van der Waals surface area contributed by atoms with E-state index in [0.29, 0.717) is 69.8 Å². The molecule has 1 saturated carbocycles. The number of benzene rings is 1. The lowest BCUT2D eigenvalue weighted by Gasteiger charge is -2.59. The Kier molecular flexibility index (Phi) is 11.7. The van der Waals surface area contributed by atoms with E-state index < -0.39 is 29.7 Å². The van der Waals surface area contributed by atoms with E-state index >= 15 is 0 Å². The molecular weight excluding hydrogens is 939 g/mol. The molecule has 3 saturated heterocycles. The van der Waals surface area contributed by atoms with Crippen molar-refractivity contribution in [3.05, 3.63) is 111 Å². The molecule has 5 amide bonds. The number of fused-ring (bicyclic) bond motifs is 4. The van der Waals surface area contributed by atoms with E-state index in [1.807, 2.05) is 30.5 Å². The van der Waals surface area contributed by atoms with Gasteiger partial charge in [-0.15, -0.1) is 0 Å². The van der Waals surface area contributed by atoms with Crippen LogP contribution in [0.4, 0.5) is 28.7 Å². The van der Waals surface area contributed by atoms with Gasteiger partial charge in [-0.25, -0.2) is 9.97 Å². The summed E-state index contributed by atoms with van der Waals surface area (Å²) < 4.78 is 3.67. The van der Waals surface area contributed by atoms with E-state index in [1.165, 1.54) is 35.1 Å². The molecule has 18 heteroatoms. The van der Waals surface area contributed by atoms with Crippen molar-refractivity contribution in [3.8, 4) is 11.1 Å². The molecule has 7 aliphatic rings. The monoisotopic (exact) mass is 1000 g/mol. The maximum absolute atomic E-state index is 14.0. The lowest BCUT2D eigenvalue weighted by atomic mass is 9.63. The molecule has 2 atom stereocenters. The number of carbonyl (C=O) groups is 5. The Morgan fingerprint density at radius 2 is 1.59 bits per heavy atom. The summed E-state index contributed by atoms with van der Waals surface area (Å²) in [4.78, 5) is 98.5. The molecule has 5 aliphatic heterocycles. The summed E-state index contributed by atoms with van der Waals surface area (Å²) in [5.74, 6) is -0.639. The molecule has 4 fully saturated rings. The van der Waals surface area contributed by atoms with Crippen LogP contribution in [0.3, 0.4) is 0 Å². The average Bonchev–Trinajstić information content (AvgIpc) is 3.97. The number of aliphatic hydroxyl groups is 1. The lowest BCUT2D eigenvalue weighted by molar-refractivity contribution is -0.136. The zero-order chi connectivity index (χ0) is 51.4. The van der Waals surface area contributed by atoms with Crippen molar-refractivity contribution in [2.75, 3.05) is 59.3 Å². The van der Waals surface area contributed by atoms with Crippen LogP contribution in [-0.2, 0) is 42.6 Å². The van der Waals surface area contributed by atoms with Crippen LogP contribution in [0.1, 0.15) is 114 Å². The van der Waals surface area contributed by atoms with Gasteiger partial charge in [0.1, 0.15) is 29.1 Å². The van der Waals surface area contributed by atoms with Gasteiger partial charge in [-0.1, -0.05) is 13.8 Å². The first-order valence-electron chi connectivity index (χ1n) is 26.3. The minimum absolute atomic E-state index is 0.0839. The highest BCUT2D eigenvalue weighted by Gasteiger charge is 2.51. The zero-order valence-electron chi connectivity index (χ0n) is 42.5. The molecule has 0 radical (unpaired) electrons. The standard InChI is InChI=1S/C56H63N11O7/c1-33-30-63(56(15-5-16-56)36-13-18-62(19-14-36)37-6-8-40-41(26-37)52(72)67(51(40)71)44-9-11-48(69)60-50(44)70)20-21-64(33)38-7-10-47(58-29-38)59-43-24-35(31-61(4)53(43)73)39-12-17-57-49(42(39)32-68)66-23-22-65-45(54(66)74)25-34-27-55(2,3)28-46(34)65/h6-8,10,12,17,24-26,29,31,33,36,44,68H,5,9,11,13-16,18-23,27-28,30,32H2,1-4H3,(H,58,59)(H,60,69,70)/t33-,44?/m0/s1. The number of aliphatic hydroxyl groups excluding tert-OH is 1. The van der Waals surface area contributed by atoms with Crippen LogP contribution in [0.2, 0.25) is 0 Å². The number of aryl methyl sites for hydroxylation is 1. The minimum Gasteiger partial charge on any atom is -0.392 e. The van der Waals surface area contributed by atoms with Gasteiger partial charge in [0.15, 0.2) is 0 Å². The van der Waals surface area contributed by atoms with Gasteiger partial charge in [0.25, 0.3) is 23.3 Å². The summed E-state index contributed by atoms with van der Waals surface area (Å²) in [5.41, 5.74) is 7.95. The van der Waals surface area contributed by atoms with Crippen molar-refractivity contribution in [2.45, 2.75) is 109 Å². The molecule has 1 unspecified atom stereocenters. The van der Waals surface area contributed by atoms with Gasteiger partial charge in [0.05, 0.1) is 29.6 Å². The number of amides is 5. The molecule has 18 nitrogen and oxygen atoms in total. The highest BCUT2D eigenvalue weighted by atomic mass is 16.3. The molecule has 74 heavy (non-hydrogen) atoms. The number of hydrogen-bond donors (Lipinski definition) is 3. The van der Waals surface area contributed by atoms with Crippen LogP contribution < -0.4 is 30.9 Å². The van der Waals surface area contributed by atoms with Gasteiger partial charge in [-0.2, -0.15) is 0 Å². The maximum Gasteiger partial charge on any atom is 0.276 e. The number of hydrogen-bond acceptors (Lipinski definition) is 13. The molecule has 5 aromatic rings. The Labute approximate surface area is 429 Å². The number of nitrogens with zero attached hydrogens (tertiary/aromatic N) is 9. The fourth-order valence-electron chi connectivity index (χ4n) is 13.6. The Morgan fingerprint density at radius 3 is 2.31 bits per heavy atom. The fraction of sp³-hybridized carbons (Fsp3) is 0.464. The first-order chi connectivity index (χ1) is 35.6. The number of piperazine rings is 1. The second-order valence-electron chi connectivity index (χ2n) is 22.4. The predicted octanol–water partition coefficient (Wildman–Crippen LogP) is 5.42. The third-order valence-corrected chi connectivity index (χ3v) is 17.4. The second kappa shape index (κ2) is 18.0.